The van der Waals surface area contributed by atoms with E-state index in [9.17, 15) is 10.1 Å². The Balaban J connectivity index is 2.63. The maximum absolute atomic E-state index is 10.9. The highest BCUT2D eigenvalue weighted by Gasteiger charge is 2.23. The van der Waals surface area contributed by atoms with Crippen LogP contribution in [0.5, 0.6) is 0 Å². The summed E-state index contributed by atoms with van der Waals surface area (Å²) in [5.74, 6) is 0. The van der Waals surface area contributed by atoms with Crippen LogP contribution < -0.4 is 0 Å². The first kappa shape index (κ1) is 11.4. The van der Waals surface area contributed by atoms with E-state index in [1.54, 1.807) is 12.1 Å². The second-order valence-electron chi connectivity index (χ2n) is 2.89. The van der Waals surface area contributed by atoms with Crippen LogP contribution in [-0.4, -0.2) is 14.9 Å². The summed E-state index contributed by atoms with van der Waals surface area (Å²) in [5.41, 5.74) is -0.220. The van der Waals surface area contributed by atoms with Gasteiger partial charge in [0.05, 0.1) is 9.80 Å². The summed E-state index contributed by atoms with van der Waals surface area (Å²) in [4.78, 5) is 18.6. The minimum atomic E-state index is -0.635. The summed E-state index contributed by atoms with van der Waals surface area (Å²) in [7, 11) is 0. The molecule has 17 heavy (non-hydrogen) atoms. The van der Waals surface area contributed by atoms with Crippen LogP contribution in [0.25, 0.3) is 10.6 Å². The van der Waals surface area contributed by atoms with E-state index >= 15 is 0 Å². The van der Waals surface area contributed by atoms with Gasteiger partial charge in [-0.1, -0.05) is 11.6 Å². The molecule has 0 radical (unpaired) electrons. The molecule has 2 aromatic rings. The maximum Gasteiger partial charge on any atom is 0.333 e. The fourth-order valence-corrected chi connectivity index (χ4v) is 2.23. The first-order valence-corrected chi connectivity index (χ1v) is 5.48. The van der Waals surface area contributed by atoms with E-state index in [1.807, 2.05) is 6.07 Å². The summed E-state index contributed by atoms with van der Waals surface area (Å²) < 4.78 is 0. The molecule has 6 nitrogen and oxygen atoms in total. The van der Waals surface area contributed by atoms with E-state index in [2.05, 4.69) is 9.97 Å². The zero-order chi connectivity index (χ0) is 12.4. The number of nitriles is 1. The average Bonchev–Trinajstić information content (AvgIpc) is 2.76. The van der Waals surface area contributed by atoms with E-state index in [0.29, 0.717) is 9.75 Å². The summed E-state index contributed by atoms with van der Waals surface area (Å²) >= 11 is 6.77. The van der Waals surface area contributed by atoms with Gasteiger partial charge in [-0.25, -0.2) is 9.97 Å². The van der Waals surface area contributed by atoms with Crippen LogP contribution in [0, 0.1) is 21.4 Å². The fraction of sp³-hybridized carbons (Fsp3) is 0. The van der Waals surface area contributed by atoms with Crippen molar-refractivity contribution in [2.75, 3.05) is 0 Å². The number of aromatic nitrogens is 2. The van der Waals surface area contributed by atoms with Crippen LogP contribution >= 0.6 is 22.9 Å². The molecule has 2 aromatic heterocycles. The highest BCUT2D eigenvalue weighted by atomic mass is 35.5. The van der Waals surface area contributed by atoms with E-state index in [-0.39, 0.29) is 16.5 Å². The largest absolute Gasteiger partial charge is 0.333 e. The molecule has 0 aliphatic heterocycles. The number of rotatable bonds is 2. The fourth-order valence-electron chi connectivity index (χ4n) is 1.22. The molecule has 0 amide bonds. The monoisotopic (exact) mass is 266 g/mol. The van der Waals surface area contributed by atoms with Gasteiger partial charge in [0.25, 0.3) is 0 Å². The first-order chi connectivity index (χ1) is 8.13. The van der Waals surface area contributed by atoms with Gasteiger partial charge in [-0.15, -0.1) is 11.3 Å². The minimum absolute atomic E-state index is 0.126. The van der Waals surface area contributed by atoms with Crippen LogP contribution in [0.15, 0.2) is 18.5 Å². The van der Waals surface area contributed by atoms with E-state index < -0.39 is 4.92 Å². The lowest BCUT2D eigenvalue weighted by atomic mass is 10.3. The van der Waals surface area contributed by atoms with Crippen molar-refractivity contribution < 1.29 is 4.92 Å². The van der Waals surface area contributed by atoms with Crippen LogP contribution in [0.4, 0.5) is 5.69 Å². The van der Waals surface area contributed by atoms with Gasteiger partial charge in [-0.3, -0.25) is 10.1 Å². The van der Waals surface area contributed by atoms with Gasteiger partial charge in [0, 0.05) is 0 Å². The molecule has 0 bridgehead atoms. The third-order valence-electron chi connectivity index (χ3n) is 1.91. The van der Waals surface area contributed by atoms with Gasteiger partial charge in [-0.2, -0.15) is 5.26 Å². The Bertz CT molecular complexity index is 634. The van der Waals surface area contributed by atoms with Gasteiger partial charge in [0.1, 0.15) is 17.3 Å². The lowest BCUT2D eigenvalue weighted by Gasteiger charge is -1.99. The second kappa shape index (κ2) is 4.45. The molecule has 0 aromatic carbocycles. The Morgan fingerprint density at radius 1 is 1.47 bits per heavy atom. The summed E-state index contributed by atoms with van der Waals surface area (Å²) in [6.07, 6.45) is 1.15. The SMILES string of the molecule is N#Cc1ccc(-c2ncnc(Cl)c2[N+](=O)[O-])s1. The Labute approximate surface area is 104 Å². The molecule has 2 rings (SSSR count). The molecule has 0 aliphatic rings. The number of nitro groups is 1. The van der Waals surface area contributed by atoms with Gasteiger partial charge in [0.15, 0.2) is 5.69 Å². The standard InChI is InChI=1S/C9H3ClN4O2S/c10-9-8(14(15)16)7(12-4-13-9)6-2-1-5(3-11)17-6/h1-2,4H. The molecule has 2 heterocycles. The second-order valence-corrected chi connectivity index (χ2v) is 4.34. The van der Waals surface area contributed by atoms with Crippen molar-refractivity contribution in [3.05, 3.63) is 38.6 Å². The zero-order valence-corrected chi connectivity index (χ0v) is 9.70. The van der Waals surface area contributed by atoms with Crippen molar-refractivity contribution in [2.45, 2.75) is 0 Å². The molecule has 0 spiro atoms. The molecular weight excluding hydrogens is 264 g/mol. The highest BCUT2D eigenvalue weighted by Crippen LogP contribution is 2.35. The van der Waals surface area contributed by atoms with E-state index in [4.69, 9.17) is 16.9 Å². The Kier molecular flexibility index (Phi) is 2.99. The Morgan fingerprint density at radius 2 is 2.24 bits per heavy atom. The lowest BCUT2D eigenvalue weighted by Crippen LogP contribution is -1.96. The maximum atomic E-state index is 10.9. The first-order valence-electron chi connectivity index (χ1n) is 4.28. The zero-order valence-electron chi connectivity index (χ0n) is 8.12. The lowest BCUT2D eigenvalue weighted by molar-refractivity contribution is -0.384. The minimum Gasteiger partial charge on any atom is -0.258 e. The molecule has 8 heteroatoms. The summed E-state index contributed by atoms with van der Waals surface area (Å²) in [6, 6.07) is 5.11. The normalized spacial score (nSPS) is 9.88. The summed E-state index contributed by atoms with van der Waals surface area (Å²) in [6.45, 7) is 0. The molecular formula is C9H3ClN4O2S. The summed E-state index contributed by atoms with van der Waals surface area (Å²) in [5, 5.41) is 19.4. The molecule has 0 atom stereocenters. The number of nitrogens with zero attached hydrogens (tertiary/aromatic N) is 4. The van der Waals surface area contributed by atoms with Gasteiger partial charge in [0.2, 0.25) is 5.15 Å². The number of halogens is 1. The molecule has 0 aliphatic carbocycles. The molecule has 84 valence electrons. The van der Waals surface area contributed by atoms with Crippen molar-refractivity contribution in [1.29, 1.82) is 5.26 Å². The van der Waals surface area contributed by atoms with Gasteiger partial charge < -0.3 is 0 Å². The Hall–Kier alpha value is -2.04. The van der Waals surface area contributed by atoms with Crippen molar-refractivity contribution in [3.63, 3.8) is 0 Å². The van der Waals surface area contributed by atoms with Crippen LogP contribution in [-0.2, 0) is 0 Å². The predicted octanol–water partition coefficient (Wildman–Crippen LogP) is 2.64. The predicted molar refractivity (Wildman–Crippen MR) is 61.7 cm³/mol. The van der Waals surface area contributed by atoms with E-state index in [0.717, 1.165) is 17.7 Å². The number of hydrogen-bond acceptors (Lipinski definition) is 6. The molecule has 0 N–H and O–H groups in total. The molecule has 0 unspecified atom stereocenters. The quantitative estimate of drug-likeness (QED) is 0.473. The smallest absolute Gasteiger partial charge is 0.258 e. The van der Waals surface area contributed by atoms with Crippen LogP contribution in [0.3, 0.4) is 0 Å². The Morgan fingerprint density at radius 3 is 2.82 bits per heavy atom. The topological polar surface area (TPSA) is 92.7 Å². The van der Waals surface area contributed by atoms with Crippen molar-refractivity contribution in [3.8, 4) is 16.6 Å². The van der Waals surface area contributed by atoms with Crippen LogP contribution in [0.2, 0.25) is 5.15 Å². The van der Waals surface area contributed by atoms with Crippen molar-refractivity contribution >= 4 is 28.6 Å². The molecule has 0 saturated carbocycles. The van der Waals surface area contributed by atoms with E-state index in [1.165, 1.54) is 0 Å². The number of thiophene rings is 1. The molecule has 0 fully saturated rings. The average molecular weight is 267 g/mol. The number of hydrogen-bond donors (Lipinski definition) is 0. The van der Waals surface area contributed by atoms with Gasteiger partial charge in [-0.05, 0) is 12.1 Å². The third kappa shape index (κ3) is 2.08. The van der Waals surface area contributed by atoms with Crippen molar-refractivity contribution in [1.82, 2.24) is 9.97 Å². The third-order valence-corrected chi connectivity index (χ3v) is 3.18. The van der Waals surface area contributed by atoms with Crippen LogP contribution in [0.1, 0.15) is 4.88 Å². The van der Waals surface area contributed by atoms with Gasteiger partial charge >= 0.3 is 5.69 Å². The van der Waals surface area contributed by atoms with Crippen molar-refractivity contribution in [2.24, 2.45) is 0 Å². The highest BCUT2D eigenvalue weighted by molar-refractivity contribution is 7.16. The molecule has 0 saturated heterocycles.